The topological polar surface area (TPSA) is 55.6 Å². The smallest absolute Gasteiger partial charge is 0.228 e. The lowest BCUT2D eigenvalue weighted by atomic mass is 10.1. The molecule has 0 unspecified atom stereocenters. The highest BCUT2D eigenvalue weighted by Crippen LogP contribution is 2.27. The third-order valence-corrected chi connectivity index (χ3v) is 4.44. The van der Waals surface area contributed by atoms with E-state index in [-0.39, 0.29) is 5.91 Å². The summed E-state index contributed by atoms with van der Waals surface area (Å²) in [4.78, 5) is 17.2. The molecular formula is C23H21N3O2. The van der Waals surface area contributed by atoms with Crippen molar-refractivity contribution in [3.05, 3.63) is 84.7 Å². The molecule has 0 bridgehead atoms. The predicted molar refractivity (Wildman–Crippen MR) is 111 cm³/mol. The molecule has 0 saturated carbocycles. The number of fused-ring (bicyclic) bond motifs is 1. The van der Waals surface area contributed by atoms with Gasteiger partial charge in [0.25, 0.3) is 0 Å². The number of amides is 1. The van der Waals surface area contributed by atoms with Crippen LogP contribution >= 0.6 is 0 Å². The largest absolute Gasteiger partial charge is 0.494 e. The molecule has 0 aliphatic carbocycles. The maximum Gasteiger partial charge on any atom is 0.228 e. The summed E-state index contributed by atoms with van der Waals surface area (Å²) in [6.45, 7) is 2.57. The normalized spacial score (nSPS) is 10.8. The number of aromatic nitrogens is 2. The maximum absolute atomic E-state index is 12.6. The van der Waals surface area contributed by atoms with E-state index in [0.717, 1.165) is 33.9 Å². The van der Waals surface area contributed by atoms with Crippen molar-refractivity contribution < 1.29 is 9.53 Å². The molecule has 1 amide bonds. The Bertz CT molecular complexity index is 1070. The summed E-state index contributed by atoms with van der Waals surface area (Å²) in [6, 6.07) is 21.2. The highest BCUT2D eigenvalue weighted by molar-refractivity contribution is 5.96. The first-order valence-corrected chi connectivity index (χ1v) is 9.27. The fourth-order valence-electron chi connectivity index (χ4n) is 3.13. The van der Waals surface area contributed by atoms with Crippen LogP contribution in [0.15, 0.2) is 79.1 Å². The van der Waals surface area contributed by atoms with E-state index in [1.807, 2.05) is 90.4 Å². The summed E-state index contributed by atoms with van der Waals surface area (Å²) in [5.74, 6) is 0.740. The second-order valence-corrected chi connectivity index (χ2v) is 6.44. The number of pyridine rings is 1. The molecule has 140 valence electrons. The lowest BCUT2D eigenvalue weighted by Crippen LogP contribution is -2.15. The highest BCUT2D eigenvalue weighted by Gasteiger charge is 2.12. The van der Waals surface area contributed by atoms with Crippen molar-refractivity contribution in [2.75, 3.05) is 11.9 Å². The van der Waals surface area contributed by atoms with Gasteiger partial charge >= 0.3 is 0 Å². The van der Waals surface area contributed by atoms with Crippen LogP contribution in [0, 0.1) is 0 Å². The third-order valence-electron chi connectivity index (χ3n) is 4.44. The standard InChI is InChI=1S/C23H21N3O2/c1-2-28-18-12-10-17(11-13-18)15-23(27)25-20-8-4-3-7-19(20)21-16-26-14-6-5-9-22(26)24-21/h3-14,16H,2,15H2,1H3,(H,25,27). The summed E-state index contributed by atoms with van der Waals surface area (Å²) < 4.78 is 7.41. The number of hydrogen-bond donors (Lipinski definition) is 1. The minimum Gasteiger partial charge on any atom is -0.494 e. The molecule has 0 aliphatic heterocycles. The van der Waals surface area contributed by atoms with Gasteiger partial charge in [0.2, 0.25) is 5.91 Å². The number of ether oxygens (including phenoxy) is 1. The van der Waals surface area contributed by atoms with E-state index in [0.29, 0.717) is 13.0 Å². The zero-order chi connectivity index (χ0) is 19.3. The number of rotatable bonds is 6. The number of nitrogens with zero attached hydrogens (tertiary/aromatic N) is 2. The van der Waals surface area contributed by atoms with E-state index >= 15 is 0 Å². The number of para-hydroxylation sites is 1. The van der Waals surface area contributed by atoms with E-state index in [4.69, 9.17) is 4.74 Å². The van der Waals surface area contributed by atoms with Gasteiger partial charge in [0.15, 0.2) is 0 Å². The molecular weight excluding hydrogens is 350 g/mol. The van der Waals surface area contributed by atoms with E-state index in [1.54, 1.807) is 0 Å². The van der Waals surface area contributed by atoms with Crippen LogP contribution in [-0.4, -0.2) is 21.9 Å². The van der Waals surface area contributed by atoms with Crippen molar-refractivity contribution in [1.82, 2.24) is 9.38 Å². The van der Waals surface area contributed by atoms with Crippen molar-refractivity contribution in [2.45, 2.75) is 13.3 Å². The summed E-state index contributed by atoms with van der Waals surface area (Å²) in [7, 11) is 0. The number of anilines is 1. The Morgan fingerprint density at radius 3 is 2.61 bits per heavy atom. The van der Waals surface area contributed by atoms with Gasteiger partial charge < -0.3 is 14.5 Å². The van der Waals surface area contributed by atoms with Crippen LogP contribution in [0.5, 0.6) is 5.75 Å². The van der Waals surface area contributed by atoms with Gasteiger partial charge in [-0.25, -0.2) is 4.98 Å². The van der Waals surface area contributed by atoms with Crippen LogP contribution in [-0.2, 0) is 11.2 Å². The molecule has 2 aromatic heterocycles. The first-order chi connectivity index (χ1) is 13.7. The molecule has 2 heterocycles. The van der Waals surface area contributed by atoms with Crippen molar-refractivity contribution in [1.29, 1.82) is 0 Å². The molecule has 4 aromatic rings. The van der Waals surface area contributed by atoms with Gasteiger partial charge in [0, 0.05) is 18.0 Å². The molecule has 0 radical (unpaired) electrons. The average Bonchev–Trinajstić information content (AvgIpc) is 3.14. The third kappa shape index (κ3) is 3.88. The number of nitrogens with one attached hydrogen (secondary N) is 1. The Kier molecular flexibility index (Phi) is 5.06. The van der Waals surface area contributed by atoms with Crippen molar-refractivity contribution in [2.24, 2.45) is 0 Å². The van der Waals surface area contributed by atoms with Gasteiger partial charge in [-0.1, -0.05) is 36.4 Å². The first-order valence-electron chi connectivity index (χ1n) is 9.27. The minimum absolute atomic E-state index is 0.0691. The Hall–Kier alpha value is -3.60. The average molecular weight is 371 g/mol. The second-order valence-electron chi connectivity index (χ2n) is 6.44. The molecule has 1 N–H and O–H groups in total. The van der Waals surface area contributed by atoms with E-state index < -0.39 is 0 Å². The number of carbonyl (C=O) groups is 1. The van der Waals surface area contributed by atoms with Gasteiger partial charge in [0.1, 0.15) is 11.4 Å². The highest BCUT2D eigenvalue weighted by atomic mass is 16.5. The molecule has 0 atom stereocenters. The Balaban J connectivity index is 1.52. The lowest BCUT2D eigenvalue weighted by Gasteiger charge is -2.10. The van der Waals surface area contributed by atoms with Gasteiger partial charge in [-0.2, -0.15) is 0 Å². The van der Waals surface area contributed by atoms with Crippen LogP contribution in [0.25, 0.3) is 16.9 Å². The molecule has 0 spiro atoms. The quantitative estimate of drug-likeness (QED) is 0.540. The van der Waals surface area contributed by atoms with E-state index in [2.05, 4.69) is 10.3 Å². The van der Waals surface area contributed by atoms with Gasteiger partial charge in [-0.05, 0) is 42.8 Å². The molecule has 0 aliphatic rings. The monoisotopic (exact) mass is 371 g/mol. The van der Waals surface area contributed by atoms with Crippen LogP contribution in [0.3, 0.4) is 0 Å². The summed E-state index contributed by atoms with van der Waals surface area (Å²) >= 11 is 0. The molecule has 0 saturated heterocycles. The number of hydrogen-bond acceptors (Lipinski definition) is 3. The summed E-state index contributed by atoms with van der Waals surface area (Å²) in [5, 5.41) is 3.02. The minimum atomic E-state index is -0.0691. The first kappa shape index (κ1) is 17.8. The second kappa shape index (κ2) is 7.96. The molecule has 2 aromatic carbocycles. The van der Waals surface area contributed by atoms with Gasteiger partial charge in [-0.3, -0.25) is 4.79 Å². The van der Waals surface area contributed by atoms with Crippen LogP contribution in [0.2, 0.25) is 0 Å². The summed E-state index contributed by atoms with van der Waals surface area (Å²) in [6.07, 6.45) is 4.22. The Morgan fingerprint density at radius 2 is 1.82 bits per heavy atom. The molecule has 5 nitrogen and oxygen atoms in total. The molecule has 0 fully saturated rings. The van der Waals surface area contributed by atoms with Crippen molar-refractivity contribution in [3.8, 4) is 17.0 Å². The van der Waals surface area contributed by atoms with Crippen molar-refractivity contribution in [3.63, 3.8) is 0 Å². The van der Waals surface area contributed by atoms with Gasteiger partial charge in [-0.15, -0.1) is 0 Å². The van der Waals surface area contributed by atoms with Crippen LogP contribution < -0.4 is 10.1 Å². The van der Waals surface area contributed by atoms with Crippen LogP contribution in [0.4, 0.5) is 5.69 Å². The van der Waals surface area contributed by atoms with Gasteiger partial charge in [0.05, 0.1) is 24.4 Å². The van der Waals surface area contributed by atoms with E-state index in [9.17, 15) is 4.79 Å². The predicted octanol–water partition coefficient (Wildman–Crippen LogP) is 4.58. The SMILES string of the molecule is CCOc1ccc(CC(=O)Nc2ccccc2-c2cn3ccccc3n2)cc1. The fourth-order valence-corrected chi connectivity index (χ4v) is 3.13. The van der Waals surface area contributed by atoms with E-state index in [1.165, 1.54) is 0 Å². The molecule has 5 heteroatoms. The fraction of sp³-hybridized carbons (Fsp3) is 0.130. The zero-order valence-electron chi connectivity index (χ0n) is 15.6. The Labute approximate surface area is 163 Å². The molecule has 28 heavy (non-hydrogen) atoms. The summed E-state index contributed by atoms with van der Waals surface area (Å²) in [5.41, 5.74) is 4.27. The number of imidazole rings is 1. The lowest BCUT2D eigenvalue weighted by molar-refractivity contribution is -0.115. The Morgan fingerprint density at radius 1 is 1.04 bits per heavy atom. The zero-order valence-corrected chi connectivity index (χ0v) is 15.6. The number of benzene rings is 2. The number of carbonyl (C=O) groups excluding carboxylic acids is 1. The maximum atomic E-state index is 12.6. The van der Waals surface area contributed by atoms with Crippen LogP contribution in [0.1, 0.15) is 12.5 Å². The molecule has 4 rings (SSSR count). The van der Waals surface area contributed by atoms with Crippen molar-refractivity contribution >= 4 is 17.2 Å².